The van der Waals surface area contributed by atoms with Crippen LogP contribution in [-0.2, 0) is 20.9 Å². The van der Waals surface area contributed by atoms with Crippen molar-refractivity contribution in [3.05, 3.63) is 70.5 Å². The topological polar surface area (TPSA) is 79.4 Å². The van der Waals surface area contributed by atoms with Crippen LogP contribution < -0.4 is 5.32 Å². The molecule has 0 saturated heterocycles. The number of methoxy groups -OCH3 is 1. The Morgan fingerprint density at radius 1 is 1.03 bits per heavy atom. The van der Waals surface area contributed by atoms with Crippen molar-refractivity contribution in [1.29, 1.82) is 0 Å². The van der Waals surface area contributed by atoms with Gasteiger partial charge in [0.15, 0.2) is 0 Å². The van der Waals surface area contributed by atoms with Crippen LogP contribution in [0.3, 0.4) is 0 Å². The van der Waals surface area contributed by atoms with E-state index in [1.54, 1.807) is 13.3 Å². The quantitative estimate of drug-likeness (QED) is 0.360. The second-order valence-electron chi connectivity index (χ2n) is 8.76. The van der Waals surface area contributed by atoms with E-state index < -0.39 is 0 Å². The Balaban J connectivity index is 1.73. The molecule has 3 heterocycles. The highest BCUT2D eigenvalue weighted by Gasteiger charge is 2.35. The molecule has 2 N–H and O–H groups in total. The number of rotatable bonds is 7. The summed E-state index contributed by atoms with van der Waals surface area (Å²) < 4.78 is 8.72. The van der Waals surface area contributed by atoms with Gasteiger partial charge in [0.25, 0.3) is 11.8 Å². The smallest absolute Gasteiger partial charge is 0.259 e. The maximum atomic E-state index is 13.1. The molecule has 0 bridgehead atoms. The lowest BCUT2D eigenvalue weighted by Gasteiger charge is -2.20. The van der Waals surface area contributed by atoms with Gasteiger partial charge < -0.3 is 19.2 Å². The summed E-state index contributed by atoms with van der Waals surface area (Å²) in [6.07, 6.45) is 3.72. The summed E-state index contributed by atoms with van der Waals surface area (Å²) in [5, 5.41) is 4.31. The van der Waals surface area contributed by atoms with Gasteiger partial charge in [-0.25, -0.2) is 0 Å². The van der Waals surface area contributed by atoms with Gasteiger partial charge in [-0.05, 0) is 38.4 Å². The number of hydrogen-bond donors (Lipinski definition) is 2. The molecule has 0 spiro atoms. The Morgan fingerprint density at radius 2 is 1.76 bits per heavy atom. The first-order valence-corrected chi connectivity index (χ1v) is 11.8. The van der Waals surface area contributed by atoms with E-state index in [9.17, 15) is 9.59 Å². The van der Waals surface area contributed by atoms with Gasteiger partial charge in [-0.1, -0.05) is 34.1 Å². The molecule has 5 rings (SSSR count). The monoisotopic (exact) mass is 520 g/mol. The number of hydrogen-bond acceptors (Lipinski definition) is 4. The van der Waals surface area contributed by atoms with Crippen LogP contribution >= 0.6 is 15.9 Å². The molecule has 0 saturated carbocycles. The predicted molar refractivity (Wildman–Crippen MR) is 137 cm³/mol. The number of fused-ring (bicyclic) bond motifs is 2. The van der Waals surface area contributed by atoms with E-state index in [4.69, 9.17) is 4.74 Å². The van der Waals surface area contributed by atoms with E-state index in [0.717, 1.165) is 38.4 Å². The van der Waals surface area contributed by atoms with E-state index in [1.807, 2.05) is 62.8 Å². The van der Waals surface area contributed by atoms with E-state index >= 15 is 0 Å². The fourth-order valence-electron chi connectivity index (χ4n) is 4.70. The summed E-state index contributed by atoms with van der Waals surface area (Å²) in [5.41, 5.74) is 4.09. The van der Waals surface area contributed by atoms with Gasteiger partial charge in [-0.3, -0.25) is 14.9 Å². The minimum absolute atomic E-state index is 0.0387. The van der Waals surface area contributed by atoms with Crippen LogP contribution in [0.2, 0.25) is 0 Å². The molecule has 2 aromatic heterocycles. The standard InChI is InChI=1S/C26H25BrN4O3/c1-30(2)12-16(34-3)13-31-14-20(18-10-15(27)8-9-22(18)31)24-23(25(32)29-26(24)33)19-11-28-21-7-5-4-6-17(19)21/h4-11,14,16,28H,12-13H2,1-3H3,(H,29,32,33). The first-order chi connectivity index (χ1) is 16.4. The minimum atomic E-state index is -0.388. The van der Waals surface area contributed by atoms with E-state index in [0.29, 0.717) is 23.3 Å². The van der Waals surface area contributed by atoms with Crippen molar-refractivity contribution >= 4 is 60.7 Å². The van der Waals surface area contributed by atoms with E-state index in [-0.39, 0.29) is 17.9 Å². The van der Waals surface area contributed by atoms with Gasteiger partial charge in [0.05, 0.1) is 23.8 Å². The number of ether oxygens (including phenoxy) is 1. The molecule has 1 atom stereocenters. The lowest BCUT2D eigenvalue weighted by molar-refractivity contribution is -0.122. The molecule has 7 nitrogen and oxygen atoms in total. The summed E-state index contributed by atoms with van der Waals surface area (Å²) in [6.45, 7) is 1.36. The number of nitrogens with one attached hydrogen (secondary N) is 2. The first kappa shape index (κ1) is 22.6. The molecule has 8 heteroatoms. The van der Waals surface area contributed by atoms with Gasteiger partial charge in [0.1, 0.15) is 0 Å². The first-order valence-electron chi connectivity index (χ1n) is 11.0. The number of aromatic amines is 1. The second kappa shape index (κ2) is 8.87. The zero-order valence-corrected chi connectivity index (χ0v) is 20.8. The number of carbonyl (C=O) groups is 2. The molecule has 1 unspecified atom stereocenters. The highest BCUT2D eigenvalue weighted by Crippen LogP contribution is 2.39. The minimum Gasteiger partial charge on any atom is -0.378 e. The Morgan fingerprint density at radius 3 is 2.50 bits per heavy atom. The van der Waals surface area contributed by atoms with Crippen molar-refractivity contribution in [2.24, 2.45) is 0 Å². The average Bonchev–Trinajstić information content (AvgIpc) is 3.45. The molecular formula is C26H25BrN4O3. The van der Waals surface area contributed by atoms with Gasteiger partial charge in [0, 0.05) is 63.5 Å². The van der Waals surface area contributed by atoms with Crippen molar-refractivity contribution in [1.82, 2.24) is 19.8 Å². The SMILES string of the molecule is COC(CN(C)C)Cn1cc(C2=C(c3c[nH]c4ccccc34)C(=O)NC2=O)c2cc(Br)ccc21. The molecule has 0 fully saturated rings. The third kappa shape index (κ3) is 3.87. The van der Waals surface area contributed by atoms with Crippen LogP contribution in [0, 0.1) is 0 Å². The summed E-state index contributed by atoms with van der Waals surface area (Å²) in [5.74, 6) is -0.774. The summed E-state index contributed by atoms with van der Waals surface area (Å²) >= 11 is 3.57. The molecule has 0 radical (unpaired) electrons. The molecular weight excluding hydrogens is 496 g/mol. The third-order valence-electron chi connectivity index (χ3n) is 6.20. The van der Waals surface area contributed by atoms with Crippen molar-refractivity contribution in [2.45, 2.75) is 12.6 Å². The number of para-hydroxylation sites is 1. The van der Waals surface area contributed by atoms with Crippen molar-refractivity contribution in [3.63, 3.8) is 0 Å². The van der Waals surface area contributed by atoms with Crippen molar-refractivity contribution in [3.8, 4) is 0 Å². The highest BCUT2D eigenvalue weighted by atomic mass is 79.9. The van der Waals surface area contributed by atoms with Crippen LogP contribution in [0.4, 0.5) is 0 Å². The highest BCUT2D eigenvalue weighted by molar-refractivity contribution is 9.10. The second-order valence-corrected chi connectivity index (χ2v) is 9.67. The van der Waals surface area contributed by atoms with Crippen LogP contribution in [0.15, 0.2) is 59.3 Å². The fraction of sp³-hybridized carbons (Fsp3) is 0.231. The zero-order valence-electron chi connectivity index (χ0n) is 19.2. The summed E-state index contributed by atoms with van der Waals surface area (Å²) in [4.78, 5) is 31.5. The van der Waals surface area contributed by atoms with E-state index in [2.05, 4.69) is 35.7 Å². The summed E-state index contributed by atoms with van der Waals surface area (Å²) in [6, 6.07) is 13.7. The van der Waals surface area contributed by atoms with Gasteiger partial charge in [-0.2, -0.15) is 0 Å². The molecule has 2 amide bonds. The summed E-state index contributed by atoms with van der Waals surface area (Å²) in [7, 11) is 5.72. The Hall–Kier alpha value is -3.20. The number of amides is 2. The van der Waals surface area contributed by atoms with Crippen LogP contribution in [0.1, 0.15) is 11.1 Å². The number of H-pyrrole nitrogens is 1. The Kier molecular flexibility index (Phi) is 5.89. The van der Waals surface area contributed by atoms with Crippen LogP contribution in [-0.4, -0.2) is 60.1 Å². The molecule has 174 valence electrons. The number of aromatic nitrogens is 2. The number of carbonyl (C=O) groups excluding carboxylic acids is 2. The molecule has 2 aromatic carbocycles. The molecule has 0 aliphatic carbocycles. The molecule has 34 heavy (non-hydrogen) atoms. The fourth-order valence-corrected chi connectivity index (χ4v) is 5.06. The molecule has 1 aliphatic rings. The molecule has 4 aromatic rings. The average molecular weight is 521 g/mol. The van der Waals surface area contributed by atoms with Crippen molar-refractivity contribution < 1.29 is 14.3 Å². The maximum absolute atomic E-state index is 13.1. The van der Waals surface area contributed by atoms with Crippen LogP contribution in [0.5, 0.6) is 0 Å². The Bertz CT molecular complexity index is 1460. The maximum Gasteiger partial charge on any atom is 0.259 e. The van der Waals surface area contributed by atoms with Crippen LogP contribution in [0.25, 0.3) is 33.0 Å². The number of benzene rings is 2. The molecule has 1 aliphatic heterocycles. The van der Waals surface area contributed by atoms with Gasteiger partial charge in [0.2, 0.25) is 0 Å². The lowest BCUT2D eigenvalue weighted by Crippen LogP contribution is -2.31. The zero-order chi connectivity index (χ0) is 24.0. The number of halogens is 1. The Labute approximate surface area is 205 Å². The van der Waals surface area contributed by atoms with Gasteiger partial charge in [-0.15, -0.1) is 0 Å². The number of imide groups is 1. The third-order valence-corrected chi connectivity index (χ3v) is 6.70. The predicted octanol–water partition coefficient (Wildman–Crippen LogP) is 4.03. The van der Waals surface area contributed by atoms with E-state index in [1.165, 1.54) is 0 Å². The number of likely N-dealkylation sites (N-methyl/N-ethyl adjacent to an activating group) is 1. The number of nitrogens with zero attached hydrogens (tertiary/aromatic N) is 2. The normalized spacial score (nSPS) is 15.2. The van der Waals surface area contributed by atoms with Gasteiger partial charge >= 0.3 is 0 Å². The lowest BCUT2D eigenvalue weighted by atomic mass is 9.95. The largest absolute Gasteiger partial charge is 0.378 e. The van der Waals surface area contributed by atoms with Crippen molar-refractivity contribution in [2.75, 3.05) is 27.7 Å².